The summed E-state index contributed by atoms with van der Waals surface area (Å²) in [6, 6.07) is 0. The highest BCUT2D eigenvalue weighted by Crippen LogP contribution is 2.38. The van der Waals surface area contributed by atoms with Gasteiger partial charge in [-0.2, -0.15) is 0 Å². The van der Waals surface area contributed by atoms with Gasteiger partial charge in [0.2, 0.25) is 0 Å². The van der Waals surface area contributed by atoms with Crippen molar-refractivity contribution in [2.75, 3.05) is 6.61 Å². The normalized spacial score (nSPS) is 20.8. The fourth-order valence-electron chi connectivity index (χ4n) is 3.78. The van der Waals surface area contributed by atoms with Crippen molar-refractivity contribution >= 4 is 14.3 Å². The Kier molecular flexibility index (Phi) is 13.5. The van der Waals surface area contributed by atoms with Crippen LogP contribution >= 0.6 is 0 Å². The molecule has 0 saturated carbocycles. The smallest absolute Gasteiger partial charge is 0.303 e. The maximum Gasteiger partial charge on any atom is 0.303 e. The first-order valence-electron chi connectivity index (χ1n) is 12.9. The minimum Gasteiger partial charge on any atom is -0.458 e. The number of unbranched alkanes of at least 4 members (excludes halogenated alkanes) is 5. The van der Waals surface area contributed by atoms with E-state index in [0.717, 1.165) is 32.3 Å². The highest BCUT2D eigenvalue weighted by Gasteiger charge is 2.38. The Morgan fingerprint density at radius 3 is 2.38 bits per heavy atom. The summed E-state index contributed by atoms with van der Waals surface area (Å²) in [6.07, 6.45) is 23.6. The first kappa shape index (κ1) is 28.9. The van der Waals surface area contributed by atoms with Gasteiger partial charge in [-0.1, -0.05) is 90.2 Å². The van der Waals surface area contributed by atoms with Crippen LogP contribution in [0.1, 0.15) is 92.4 Å². The molecule has 0 heterocycles. The summed E-state index contributed by atoms with van der Waals surface area (Å²) in [5, 5.41) is 0.243. The molecule has 0 aliphatic heterocycles. The van der Waals surface area contributed by atoms with Crippen LogP contribution < -0.4 is 0 Å². The van der Waals surface area contributed by atoms with Gasteiger partial charge in [-0.05, 0) is 61.7 Å². The van der Waals surface area contributed by atoms with E-state index in [9.17, 15) is 4.79 Å². The Hall–Kier alpha value is -1.13. The molecule has 0 fully saturated rings. The first-order valence-corrected chi connectivity index (χ1v) is 15.8. The van der Waals surface area contributed by atoms with Crippen molar-refractivity contribution in [3.63, 3.8) is 0 Å². The van der Waals surface area contributed by atoms with E-state index in [4.69, 9.17) is 9.16 Å². The summed E-state index contributed by atoms with van der Waals surface area (Å²) in [5.41, 5.74) is 0. The fourth-order valence-corrected chi connectivity index (χ4v) is 4.84. The molecular formula is C28H50O3Si. The molecule has 4 heteroatoms. The van der Waals surface area contributed by atoms with E-state index in [1.807, 2.05) is 6.08 Å². The highest BCUT2D eigenvalue weighted by molar-refractivity contribution is 6.74. The van der Waals surface area contributed by atoms with Gasteiger partial charge in [0.05, 0.1) is 0 Å². The molecule has 0 amide bonds. The van der Waals surface area contributed by atoms with Crippen LogP contribution in [0.4, 0.5) is 0 Å². The molecule has 0 spiro atoms. The molecule has 1 aliphatic carbocycles. The highest BCUT2D eigenvalue weighted by atomic mass is 28.4. The van der Waals surface area contributed by atoms with Crippen LogP contribution in [-0.2, 0) is 14.0 Å². The Bertz CT molecular complexity index is 613. The molecule has 1 unspecified atom stereocenters. The van der Waals surface area contributed by atoms with Gasteiger partial charge in [-0.3, -0.25) is 4.79 Å². The molecule has 1 rings (SSSR count). The molecule has 0 radical (unpaired) electrons. The molecule has 32 heavy (non-hydrogen) atoms. The Labute approximate surface area is 199 Å². The second-order valence-electron chi connectivity index (χ2n) is 10.9. The molecule has 0 bridgehead atoms. The van der Waals surface area contributed by atoms with Crippen LogP contribution in [0.25, 0.3) is 0 Å². The van der Waals surface area contributed by atoms with Gasteiger partial charge in [0.1, 0.15) is 6.10 Å². The van der Waals surface area contributed by atoms with Crippen molar-refractivity contribution in [1.29, 1.82) is 0 Å². The van der Waals surface area contributed by atoms with Crippen LogP contribution in [0.3, 0.4) is 0 Å². The van der Waals surface area contributed by atoms with Gasteiger partial charge in [-0.25, -0.2) is 0 Å². The maximum absolute atomic E-state index is 11.5. The summed E-state index contributed by atoms with van der Waals surface area (Å²) in [6.45, 7) is 16.1. The lowest BCUT2D eigenvalue weighted by Crippen LogP contribution is -2.42. The number of esters is 1. The Morgan fingerprint density at radius 1 is 1.06 bits per heavy atom. The summed E-state index contributed by atoms with van der Waals surface area (Å²) in [4.78, 5) is 11.5. The molecule has 0 aromatic rings. The van der Waals surface area contributed by atoms with Crippen LogP contribution in [0.15, 0.2) is 36.5 Å². The third kappa shape index (κ3) is 11.6. The van der Waals surface area contributed by atoms with Gasteiger partial charge in [-0.15, -0.1) is 0 Å². The minimum absolute atomic E-state index is 0.118. The van der Waals surface area contributed by atoms with E-state index in [0.29, 0.717) is 11.8 Å². The molecule has 0 saturated heterocycles. The second kappa shape index (κ2) is 14.9. The lowest BCUT2D eigenvalue weighted by atomic mass is 9.83. The van der Waals surface area contributed by atoms with E-state index in [2.05, 4.69) is 71.2 Å². The molecule has 0 aromatic heterocycles. The van der Waals surface area contributed by atoms with Crippen molar-refractivity contribution in [2.24, 2.45) is 11.8 Å². The zero-order valence-corrected chi connectivity index (χ0v) is 23.0. The SMILES string of the molecule is CCCCCCCCC(/C=C/C=C/[C@H]1CC=CC[C@H]1CO[Si](C)(C)C(C)(C)C)OC(C)=O. The molecule has 1 aliphatic rings. The number of carbonyl (C=O) groups excluding carboxylic acids is 1. The molecule has 0 aromatic carbocycles. The molecular weight excluding hydrogens is 412 g/mol. The van der Waals surface area contributed by atoms with Gasteiger partial charge in [0, 0.05) is 13.5 Å². The van der Waals surface area contributed by atoms with E-state index in [-0.39, 0.29) is 17.1 Å². The van der Waals surface area contributed by atoms with Gasteiger partial charge in [0.25, 0.3) is 0 Å². The van der Waals surface area contributed by atoms with Gasteiger partial charge >= 0.3 is 5.97 Å². The van der Waals surface area contributed by atoms with Gasteiger partial charge < -0.3 is 9.16 Å². The van der Waals surface area contributed by atoms with Crippen LogP contribution in [0.2, 0.25) is 18.1 Å². The van der Waals surface area contributed by atoms with Crippen molar-refractivity contribution in [3.8, 4) is 0 Å². The van der Waals surface area contributed by atoms with Crippen molar-refractivity contribution in [1.82, 2.24) is 0 Å². The third-order valence-corrected chi connectivity index (χ3v) is 11.5. The van der Waals surface area contributed by atoms with Crippen LogP contribution in [-0.4, -0.2) is 27.0 Å². The standard InChI is InChI=1S/C28H50O3Si/c1-8-9-10-11-12-13-21-27(31-24(2)29)22-17-16-19-25-18-14-15-20-26(25)23-30-32(6,7)28(3,4)5/h14-17,19,22,25-27H,8-13,18,20-21,23H2,1-7H3/b19-16+,22-17+/t25-,26+,27?/m1/s1. The molecule has 184 valence electrons. The Morgan fingerprint density at radius 2 is 1.72 bits per heavy atom. The van der Waals surface area contributed by atoms with Crippen molar-refractivity contribution in [2.45, 2.75) is 117 Å². The Balaban J connectivity index is 2.58. The lowest BCUT2D eigenvalue weighted by molar-refractivity contribution is -0.144. The third-order valence-electron chi connectivity index (χ3n) is 7.04. The number of hydrogen-bond acceptors (Lipinski definition) is 3. The number of carbonyl (C=O) groups is 1. The first-order chi connectivity index (χ1) is 15.1. The average Bonchev–Trinajstić information content (AvgIpc) is 2.71. The van der Waals surface area contributed by atoms with E-state index < -0.39 is 8.32 Å². The van der Waals surface area contributed by atoms with Crippen LogP contribution in [0.5, 0.6) is 0 Å². The van der Waals surface area contributed by atoms with Crippen molar-refractivity contribution in [3.05, 3.63) is 36.5 Å². The summed E-state index contributed by atoms with van der Waals surface area (Å²) >= 11 is 0. The number of hydrogen-bond donors (Lipinski definition) is 0. The average molecular weight is 463 g/mol. The summed E-state index contributed by atoms with van der Waals surface area (Å²) < 4.78 is 12.0. The van der Waals surface area contributed by atoms with Gasteiger partial charge in [0.15, 0.2) is 8.32 Å². The van der Waals surface area contributed by atoms with E-state index in [1.54, 1.807) is 0 Å². The van der Waals surface area contributed by atoms with E-state index in [1.165, 1.54) is 39.0 Å². The molecule has 3 atom stereocenters. The summed E-state index contributed by atoms with van der Waals surface area (Å²) in [7, 11) is -1.72. The minimum atomic E-state index is -1.72. The maximum atomic E-state index is 11.5. The zero-order chi connectivity index (χ0) is 24.0. The lowest BCUT2D eigenvalue weighted by Gasteiger charge is -2.38. The summed E-state index contributed by atoms with van der Waals surface area (Å²) in [5.74, 6) is 0.834. The zero-order valence-electron chi connectivity index (χ0n) is 22.0. The van der Waals surface area contributed by atoms with Crippen LogP contribution in [0, 0.1) is 11.8 Å². The predicted molar refractivity (Wildman–Crippen MR) is 140 cm³/mol. The monoisotopic (exact) mass is 462 g/mol. The fraction of sp³-hybridized carbons (Fsp3) is 0.750. The largest absolute Gasteiger partial charge is 0.458 e. The second-order valence-corrected chi connectivity index (χ2v) is 15.7. The van der Waals surface area contributed by atoms with E-state index >= 15 is 0 Å². The number of allylic oxidation sites excluding steroid dienone is 5. The topological polar surface area (TPSA) is 35.5 Å². The quantitative estimate of drug-likeness (QED) is 0.0854. The number of ether oxygens (including phenoxy) is 1. The molecule has 3 nitrogen and oxygen atoms in total. The number of rotatable bonds is 14. The van der Waals surface area contributed by atoms with Crippen molar-refractivity contribution < 1.29 is 14.0 Å². The molecule has 0 N–H and O–H groups in total. The predicted octanol–water partition coefficient (Wildman–Crippen LogP) is 8.39.